The van der Waals surface area contributed by atoms with Crippen LogP contribution in [0.5, 0.6) is 0 Å². The van der Waals surface area contributed by atoms with Crippen molar-refractivity contribution in [2.24, 2.45) is 0 Å². The lowest BCUT2D eigenvalue weighted by Gasteiger charge is -2.23. The van der Waals surface area contributed by atoms with Crippen LogP contribution in [0.3, 0.4) is 0 Å². The summed E-state index contributed by atoms with van der Waals surface area (Å²) in [6, 6.07) is 3.63. The average molecular weight is 423 g/mol. The number of pyridine rings is 1. The van der Waals surface area contributed by atoms with Crippen molar-refractivity contribution in [2.75, 3.05) is 32.5 Å². The number of hydrogen-bond donors (Lipinski definition) is 3. The molecule has 2 atom stereocenters. The summed E-state index contributed by atoms with van der Waals surface area (Å²) in [5.41, 5.74) is 2.86. The Morgan fingerprint density at radius 1 is 1.35 bits per heavy atom. The quantitative estimate of drug-likeness (QED) is 0.652. The highest BCUT2D eigenvalue weighted by Gasteiger charge is 2.30. The number of anilines is 1. The number of nitrogens with zero attached hydrogens (tertiary/aromatic N) is 3. The summed E-state index contributed by atoms with van der Waals surface area (Å²) in [5, 5.41) is 14.3. The zero-order chi connectivity index (χ0) is 22.5. The molecule has 2 heterocycles. The van der Waals surface area contributed by atoms with E-state index in [2.05, 4.69) is 15.6 Å². The van der Waals surface area contributed by atoms with Crippen molar-refractivity contribution in [1.29, 1.82) is 5.41 Å². The molecule has 3 rings (SSSR count). The number of carbonyl (C=O) groups is 2. The van der Waals surface area contributed by atoms with Crippen molar-refractivity contribution in [3.63, 3.8) is 0 Å². The first kappa shape index (κ1) is 22.3. The highest BCUT2D eigenvalue weighted by atomic mass is 16.2. The molecule has 0 unspecified atom stereocenters. The molecule has 1 aromatic heterocycles. The molecule has 164 valence electrons. The smallest absolute Gasteiger partial charge is 0.255 e. The molecular weight excluding hydrogens is 392 g/mol. The monoisotopic (exact) mass is 422 g/mol. The first-order valence-corrected chi connectivity index (χ1v) is 10.4. The number of likely N-dealkylation sites (tertiary alicyclic amines) is 1. The number of likely N-dealkylation sites (N-methyl/N-ethyl adjacent to an activating group) is 1. The Bertz CT molecular complexity index is 947. The SMILES string of the molecule is CN/C=C1/C=C([C@H](C)Nc2ccc(C(=O)N3CC[C@H](N(C)C(C)=O)C3)cn2)C=CC1=N. The number of allylic oxidation sites excluding steroid dienone is 3. The summed E-state index contributed by atoms with van der Waals surface area (Å²) in [6.07, 6.45) is 9.85. The standard InChI is InChI=1S/C23H30N6O2/c1-15(17-5-7-21(24)19(11-17)12-25-3)27-22-8-6-18(13-26-22)23(31)29-10-9-20(14-29)28(4)16(2)30/h5-8,11-13,15,20,24-25H,9-10,14H2,1-4H3,(H,26,27)/b19-12-,24-21?/t15-,20-/m0/s1. The Morgan fingerprint density at radius 2 is 2.13 bits per heavy atom. The highest BCUT2D eigenvalue weighted by Crippen LogP contribution is 2.20. The second-order valence-corrected chi connectivity index (χ2v) is 7.90. The number of rotatable bonds is 6. The molecule has 8 heteroatoms. The first-order chi connectivity index (χ1) is 14.8. The van der Waals surface area contributed by atoms with E-state index < -0.39 is 0 Å². The maximum absolute atomic E-state index is 12.8. The molecule has 0 radical (unpaired) electrons. The molecule has 0 spiro atoms. The Kier molecular flexibility index (Phi) is 6.89. The Hall–Kier alpha value is -3.42. The molecule has 8 nitrogen and oxygen atoms in total. The van der Waals surface area contributed by atoms with Crippen molar-refractivity contribution in [1.82, 2.24) is 20.1 Å². The van der Waals surface area contributed by atoms with E-state index in [-0.39, 0.29) is 23.9 Å². The predicted octanol–water partition coefficient (Wildman–Crippen LogP) is 2.19. The van der Waals surface area contributed by atoms with E-state index in [0.29, 0.717) is 30.2 Å². The van der Waals surface area contributed by atoms with Gasteiger partial charge in [0.2, 0.25) is 5.91 Å². The number of carbonyl (C=O) groups excluding carboxylic acids is 2. The third kappa shape index (κ3) is 5.20. The summed E-state index contributed by atoms with van der Waals surface area (Å²) < 4.78 is 0. The summed E-state index contributed by atoms with van der Waals surface area (Å²) in [6.45, 7) is 4.75. The zero-order valence-electron chi connectivity index (χ0n) is 18.5. The lowest BCUT2D eigenvalue weighted by atomic mass is 9.96. The molecule has 3 N–H and O–H groups in total. The van der Waals surface area contributed by atoms with Crippen molar-refractivity contribution < 1.29 is 9.59 Å². The molecule has 1 aliphatic heterocycles. The summed E-state index contributed by atoms with van der Waals surface area (Å²) >= 11 is 0. The second-order valence-electron chi connectivity index (χ2n) is 7.90. The van der Waals surface area contributed by atoms with Crippen molar-refractivity contribution in [3.05, 3.63) is 59.5 Å². The van der Waals surface area contributed by atoms with Gasteiger partial charge in [-0.2, -0.15) is 0 Å². The molecule has 2 aliphatic rings. The van der Waals surface area contributed by atoms with Gasteiger partial charge in [-0.3, -0.25) is 9.59 Å². The Labute approximate surface area is 183 Å². The molecule has 2 amide bonds. The van der Waals surface area contributed by atoms with Gasteiger partial charge in [-0.25, -0.2) is 4.98 Å². The van der Waals surface area contributed by atoms with Crippen LogP contribution in [-0.4, -0.2) is 71.6 Å². The van der Waals surface area contributed by atoms with E-state index in [0.717, 1.165) is 17.6 Å². The number of hydrogen-bond acceptors (Lipinski definition) is 6. The fraction of sp³-hybridized carbons (Fsp3) is 0.391. The van der Waals surface area contributed by atoms with E-state index in [1.807, 2.05) is 26.1 Å². The zero-order valence-corrected chi connectivity index (χ0v) is 18.5. The van der Waals surface area contributed by atoms with Crippen molar-refractivity contribution in [3.8, 4) is 0 Å². The maximum Gasteiger partial charge on any atom is 0.255 e. The fourth-order valence-electron chi connectivity index (χ4n) is 3.72. The molecule has 0 bridgehead atoms. The largest absolute Gasteiger partial charge is 0.393 e. The van der Waals surface area contributed by atoms with E-state index in [1.54, 1.807) is 54.4 Å². The minimum absolute atomic E-state index is 0.0128. The normalized spacial score (nSPS) is 20.5. The summed E-state index contributed by atoms with van der Waals surface area (Å²) in [4.78, 5) is 32.3. The molecule has 1 saturated heterocycles. The van der Waals surface area contributed by atoms with Crippen LogP contribution < -0.4 is 10.6 Å². The van der Waals surface area contributed by atoms with Gasteiger partial charge in [-0.1, -0.05) is 6.08 Å². The number of amides is 2. The Balaban J connectivity index is 1.62. The van der Waals surface area contributed by atoms with Crippen LogP contribution >= 0.6 is 0 Å². The van der Waals surface area contributed by atoms with Crippen LogP contribution in [0.25, 0.3) is 0 Å². The number of nitrogens with one attached hydrogen (secondary N) is 3. The van der Waals surface area contributed by atoms with E-state index in [4.69, 9.17) is 5.41 Å². The van der Waals surface area contributed by atoms with Gasteiger partial charge in [0.15, 0.2) is 0 Å². The summed E-state index contributed by atoms with van der Waals surface area (Å²) in [7, 11) is 3.59. The molecule has 1 aliphatic carbocycles. The van der Waals surface area contributed by atoms with Crippen molar-refractivity contribution >= 4 is 23.3 Å². The molecule has 31 heavy (non-hydrogen) atoms. The van der Waals surface area contributed by atoms with Gasteiger partial charge < -0.3 is 25.8 Å². The van der Waals surface area contributed by atoms with Gasteiger partial charge in [-0.15, -0.1) is 0 Å². The van der Waals surface area contributed by atoms with Crippen LogP contribution in [-0.2, 0) is 4.79 Å². The van der Waals surface area contributed by atoms with Crippen LogP contribution in [0, 0.1) is 5.41 Å². The second kappa shape index (κ2) is 9.59. The van der Waals surface area contributed by atoms with Gasteiger partial charge in [-0.05, 0) is 43.2 Å². The van der Waals surface area contributed by atoms with Crippen LogP contribution in [0.15, 0.2) is 53.9 Å². The van der Waals surface area contributed by atoms with Gasteiger partial charge >= 0.3 is 0 Å². The third-order valence-electron chi connectivity index (χ3n) is 5.75. The average Bonchev–Trinajstić information content (AvgIpc) is 3.25. The lowest BCUT2D eigenvalue weighted by molar-refractivity contribution is -0.129. The fourth-order valence-corrected chi connectivity index (χ4v) is 3.72. The van der Waals surface area contributed by atoms with Crippen LogP contribution in [0.2, 0.25) is 0 Å². The first-order valence-electron chi connectivity index (χ1n) is 10.4. The van der Waals surface area contributed by atoms with Gasteiger partial charge in [0, 0.05) is 58.1 Å². The van der Waals surface area contributed by atoms with E-state index in [9.17, 15) is 9.59 Å². The third-order valence-corrected chi connectivity index (χ3v) is 5.75. The number of aromatic nitrogens is 1. The van der Waals surface area contributed by atoms with Gasteiger partial charge in [0.1, 0.15) is 5.82 Å². The van der Waals surface area contributed by atoms with E-state index >= 15 is 0 Å². The van der Waals surface area contributed by atoms with Crippen molar-refractivity contribution in [2.45, 2.75) is 32.4 Å². The van der Waals surface area contributed by atoms with Gasteiger partial charge in [0.05, 0.1) is 17.3 Å². The Morgan fingerprint density at radius 3 is 2.77 bits per heavy atom. The minimum atomic E-state index is -0.0650. The van der Waals surface area contributed by atoms with E-state index in [1.165, 1.54) is 0 Å². The molecule has 0 aromatic carbocycles. The lowest BCUT2D eigenvalue weighted by Crippen LogP contribution is -2.38. The highest BCUT2D eigenvalue weighted by molar-refractivity contribution is 6.09. The predicted molar refractivity (Wildman–Crippen MR) is 122 cm³/mol. The van der Waals surface area contributed by atoms with Gasteiger partial charge in [0.25, 0.3) is 5.91 Å². The molecule has 1 aromatic rings. The topological polar surface area (TPSA) is 101 Å². The summed E-state index contributed by atoms with van der Waals surface area (Å²) in [5.74, 6) is 0.623. The minimum Gasteiger partial charge on any atom is -0.393 e. The van der Waals surface area contributed by atoms with Crippen LogP contribution in [0.4, 0.5) is 5.82 Å². The molecule has 0 saturated carbocycles. The molecular formula is C23H30N6O2. The van der Waals surface area contributed by atoms with Crippen LogP contribution in [0.1, 0.15) is 30.6 Å². The molecule has 1 fully saturated rings. The maximum atomic E-state index is 12.8.